The quantitative estimate of drug-likeness (QED) is 0.743. The number of carbonyl (C=O) groups is 2. The van der Waals surface area contributed by atoms with Crippen LogP contribution in [0.3, 0.4) is 0 Å². The monoisotopic (exact) mass is 383 g/mol. The minimum Gasteiger partial charge on any atom is -0.333 e. The smallest absolute Gasteiger partial charge is 0.273 e. The maximum absolute atomic E-state index is 12.9. The van der Waals surface area contributed by atoms with Crippen molar-refractivity contribution in [2.24, 2.45) is 0 Å². The Morgan fingerprint density at radius 1 is 1.19 bits per heavy atom. The van der Waals surface area contributed by atoms with Crippen molar-refractivity contribution in [2.45, 2.75) is 19.9 Å². The number of thiazole rings is 1. The first-order valence-corrected chi connectivity index (χ1v) is 10.0. The standard InChI is InChI=1S/C19H17N3O2S2/c1-12(23)20-15-5-2-4-13-10-22(8-7-14(13)15)19(24)16-11-26-18(21-16)17-6-3-9-25-17/h2-6,9,11H,7-8,10H2,1H3,(H,20,23). The number of aromatic nitrogens is 1. The van der Waals surface area contributed by atoms with E-state index in [0.717, 1.165) is 33.1 Å². The summed E-state index contributed by atoms with van der Waals surface area (Å²) in [6, 6.07) is 9.83. The van der Waals surface area contributed by atoms with Crippen molar-refractivity contribution < 1.29 is 9.59 Å². The van der Waals surface area contributed by atoms with Gasteiger partial charge in [0.05, 0.1) is 4.88 Å². The van der Waals surface area contributed by atoms with Crippen LogP contribution in [-0.4, -0.2) is 28.2 Å². The molecule has 0 spiro atoms. The van der Waals surface area contributed by atoms with Crippen LogP contribution in [0, 0.1) is 0 Å². The first-order chi connectivity index (χ1) is 12.6. The number of benzene rings is 1. The van der Waals surface area contributed by atoms with Crippen LogP contribution in [-0.2, 0) is 17.8 Å². The zero-order valence-corrected chi connectivity index (χ0v) is 15.8. The molecule has 0 aliphatic carbocycles. The molecule has 7 heteroatoms. The van der Waals surface area contributed by atoms with Gasteiger partial charge in [-0.25, -0.2) is 4.98 Å². The summed E-state index contributed by atoms with van der Waals surface area (Å²) in [6.45, 7) is 2.66. The van der Waals surface area contributed by atoms with Gasteiger partial charge in [0.25, 0.3) is 5.91 Å². The molecule has 0 saturated heterocycles. The van der Waals surface area contributed by atoms with E-state index in [4.69, 9.17) is 0 Å². The van der Waals surface area contributed by atoms with Crippen molar-refractivity contribution in [1.82, 2.24) is 9.88 Å². The molecule has 0 unspecified atom stereocenters. The van der Waals surface area contributed by atoms with Crippen LogP contribution < -0.4 is 5.32 Å². The SMILES string of the molecule is CC(=O)Nc1cccc2c1CCN(C(=O)c1csc(-c3cccs3)n1)C2. The number of hydrogen-bond acceptors (Lipinski definition) is 5. The number of hydrogen-bond donors (Lipinski definition) is 1. The zero-order chi connectivity index (χ0) is 18.1. The summed E-state index contributed by atoms with van der Waals surface area (Å²) in [5.74, 6) is -0.125. The Balaban J connectivity index is 1.54. The summed E-state index contributed by atoms with van der Waals surface area (Å²) in [4.78, 5) is 31.7. The number of amides is 2. The highest BCUT2D eigenvalue weighted by atomic mass is 32.1. The van der Waals surface area contributed by atoms with Crippen LogP contribution in [0.5, 0.6) is 0 Å². The van der Waals surface area contributed by atoms with Crippen molar-refractivity contribution in [3.8, 4) is 9.88 Å². The average Bonchev–Trinajstić information content (AvgIpc) is 3.32. The lowest BCUT2D eigenvalue weighted by Crippen LogP contribution is -2.36. The molecular weight excluding hydrogens is 366 g/mol. The van der Waals surface area contributed by atoms with E-state index in [1.807, 2.05) is 46.0 Å². The topological polar surface area (TPSA) is 62.3 Å². The number of anilines is 1. The second-order valence-electron chi connectivity index (χ2n) is 6.12. The lowest BCUT2D eigenvalue weighted by atomic mass is 9.97. The molecule has 1 aliphatic heterocycles. The average molecular weight is 383 g/mol. The van der Waals surface area contributed by atoms with E-state index in [9.17, 15) is 9.59 Å². The maximum atomic E-state index is 12.9. The van der Waals surface area contributed by atoms with Crippen molar-refractivity contribution in [1.29, 1.82) is 0 Å². The van der Waals surface area contributed by atoms with Gasteiger partial charge >= 0.3 is 0 Å². The largest absolute Gasteiger partial charge is 0.333 e. The fourth-order valence-electron chi connectivity index (χ4n) is 3.14. The van der Waals surface area contributed by atoms with Crippen LogP contribution in [0.15, 0.2) is 41.1 Å². The summed E-state index contributed by atoms with van der Waals surface area (Å²) < 4.78 is 0. The van der Waals surface area contributed by atoms with E-state index < -0.39 is 0 Å². The third-order valence-corrected chi connectivity index (χ3v) is 6.20. The zero-order valence-electron chi connectivity index (χ0n) is 14.2. The number of thiophene rings is 1. The Kier molecular flexibility index (Phi) is 4.57. The lowest BCUT2D eigenvalue weighted by molar-refractivity contribution is -0.114. The molecular formula is C19H17N3O2S2. The number of fused-ring (bicyclic) bond motifs is 1. The number of nitrogens with zero attached hydrogens (tertiary/aromatic N) is 2. The van der Waals surface area contributed by atoms with E-state index in [1.165, 1.54) is 18.3 Å². The van der Waals surface area contributed by atoms with E-state index >= 15 is 0 Å². The molecule has 1 N–H and O–H groups in total. The van der Waals surface area contributed by atoms with Crippen molar-refractivity contribution in [3.05, 3.63) is 57.9 Å². The molecule has 0 fully saturated rings. The fourth-order valence-corrected chi connectivity index (χ4v) is 4.74. The van der Waals surface area contributed by atoms with Crippen LogP contribution in [0.4, 0.5) is 5.69 Å². The van der Waals surface area contributed by atoms with Gasteiger partial charge in [0.2, 0.25) is 5.91 Å². The second-order valence-corrected chi connectivity index (χ2v) is 7.92. The third kappa shape index (κ3) is 3.27. The van der Waals surface area contributed by atoms with Gasteiger partial charge in [-0.1, -0.05) is 18.2 Å². The molecule has 0 radical (unpaired) electrons. The van der Waals surface area contributed by atoms with Gasteiger partial charge in [-0.05, 0) is 35.1 Å². The minimum atomic E-state index is -0.0829. The van der Waals surface area contributed by atoms with Crippen LogP contribution >= 0.6 is 22.7 Å². The van der Waals surface area contributed by atoms with Crippen molar-refractivity contribution >= 4 is 40.2 Å². The Morgan fingerprint density at radius 2 is 2.08 bits per heavy atom. The highest BCUT2D eigenvalue weighted by Crippen LogP contribution is 2.30. The molecule has 3 heterocycles. The molecule has 0 bridgehead atoms. The highest BCUT2D eigenvalue weighted by Gasteiger charge is 2.25. The lowest BCUT2D eigenvalue weighted by Gasteiger charge is -2.29. The molecule has 2 aromatic heterocycles. The van der Waals surface area contributed by atoms with Gasteiger partial charge in [0, 0.05) is 31.1 Å². The Hall–Kier alpha value is -2.51. The van der Waals surface area contributed by atoms with Crippen molar-refractivity contribution in [2.75, 3.05) is 11.9 Å². The van der Waals surface area contributed by atoms with Gasteiger partial charge in [-0.15, -0.1) is 22.7 Å². The number of nitrogens with one attached hydrogen (secondary N) is 1. The Bertz CT molecular complexity index is 963. The summed E-state index contributed by atoms with van der Waals surface area (Å²) in [7, 11) is 0. The third-order valence-electron chi connectivity index (χ3n) is 4.32. The molecule has 4 rings (SSSR count). The predicted molar refractivity (Wildman–Crippen MR) is 105 cm³/mol. The first kappa shape index (κ1) is 16.9. The van der Waals surface area contributed by atoms with Crippen LogP contribution in [0.1, 0.15) is 28.5 Å². The van der Waals surface area contributed by atoms with Gasteiger partial charge in [-0.2, -0.15) is 0 Å². The molecule has 1 aromatic carbocycles. The molecule has 0 saturated carbocycles. The van der Waals surface area contributed by atoms with E-state index in [1.54, 1.807) is 11.3 Å². The normalized spacial score (nSPS) is 13.3. The van der Waals surface area contributed by atoms with Gasteiger partial charge in [0.1, 0.15) is 10.7 Å². The first-order valence-electron chi connectivity index (χ1n) is 8.29. The Labute approximate surface area is 159 Å². The van der Waals surface area contributed by atoms with E-state index in [-0.39, 0.29) is 11.8 Å². The molecule has 2 amide bonds. The summed E-state index contributed by atoms with van der Waals surface area (Å²) in [5.41, 5.74) is 3.53. The highest BCUT2D eigenvalue weighted by molar-refractivity contribution is 7.20. The maximum Gasteiger partial charge on any atom is 0.273 e. The number of rotatable bonds is 3. The molecule has 3 aromatic rings. The predicted octanol–water partition coefficient (Wildman–Crippen LogP) is 4.03. The van der Waals surface area contributed by atoms with E-state index in [0.29, 0.717) is 18.8 Å². The van der Waals surface area contributed by atoms with Gasteiger partial charge < -0.3 is 10.2 Å². The molecule has 0 atom stereocenters. The minimum absolute atomic E-state index is 0.0420. The summed E-state index contributed by atoms with van der Waals surface area (Å²) in [5, 5.41) is 7.60. The molecule has 26 heavy (non-hydrogen) atoms. The number of carbonyl (C=O) groups excluding carboxylic acids is 2. The van der Waals surface area contributed by atoms with Crippen LogP contribution in [0.2, 0.25) is 0 Å². The molecule has 132 valence electrons. The molecule has 1 aliphatic rings. The van der Waals surface area contributed by atoms with Crippen LogP contribution in [0.25, 0.3) is 9.88 Å². The summed E-state index contributed by atoms with van der Waals surface area (Å²) in [6.07, 6.45) is 0.722. The molecule has 5 nitrogen and oxygen atoms in total. The van der Waals surface area contributed by atoms with Crippen molar-refractivity contribution in [3.63, 3.8) is 0 Å². The fraction of sp³-hybridized carbons (Fsp3) is 0.211. The second kappa shape index (κ2) is 7.01. The Morgan fingerprint density at radius 3 is 2.85 bits per heavy atom. The van der Waals surface area contributed by atoms with E-state index in [2.05, 4.69) is 10.3 Å². The van der Waals surface area contributed by atoms with Gasteiger partial charge in [-0.3, -0.25) is 9.59 Å². The van der Waals surface area contributed by atoms with Gasteiger partial charge in [0.15, 0.2) is 0 Å². The summed E-state index contributed by atoms with van der Waals surface area (Å²) >= 11 is 3.12.